The van der Waals surface area contributed by atoms with E-state index >= 15 is 0 Å². The van der Waals surface area contributed by atoms with Crippen molar-refractivity contribution in [1.82, 2.24) is 4.98 Å². The summed E-state index contributed by atoms with van der Waals surface area (Å²) < 4.78 is 26.0. The van der Waals surface area contributed by atoms with Crippen LogP contribution in [0, 0.1) is 6.92 Å². The fourth-order valence-corrected chi connectivity index (χ4v) is 1.18. The Hall–Kier alpha value is -0.940. The standard InChI is InChI=1S/C8H11NO3S/c1-7-8(4-3-5-9-7)6-12-13(2,10)11/h3-5H,6H2,1-2H3. The molecule has 1 rings (SSSR count). The number of hydrogen-bond acceptors (Lipinski definition) is 4. The Kier molecular flexibility index (Phi) is 3.00. The smallest absolute Gasteiger partial charge is 0.264 e. The zero-order valence-corrected chi connectivity index (χ0v) is 8.34. The van der Waals surface area contributed by atoms with Gasteiger partial charge in [0.2, 0.25) is 0 Å². The molecule has 0 amide bonds. The van der Waals surface area contributed by atoms with Gasteiger partial charge in [-0.15, -0.1) is 0 Å². The molecule has 1 aromatic rings. The second-order valence-electron chi connectivity index (χ2n) is 2.71. The number of aromatic nitrogens is 1. The minimum absolute atomic E-state index is 0.0541. The molecular weight excluding hydrogens is 190 g/mol. The van der Waals surface area contributed by atoms with Gasteiger partial charge >= 0.3 is 0 Å². The third-order valence-electron chi connectivity index (χ3n) is 1.54. The van der Waals surface area contributed by atoms with Gasteiger partial charge in [-0.2, -0.15) is 8.42 Å². The van der Waals surface area contributed by atoms with Crippen LogP contribution in [-0.2, 0) is 20.9 Å². The van der Waals surface area contributed by atoms with Gasteiger partial charge in [0.25, 0.3) is 10.1 Å². The van der Waals surface area contributed by atoms with Gasteiger partial charge in [-0.05, 0) is 13.0 Å². The molecule has 1 heterocycles. The van der Waals surface area contributed by atoms with E-state index in [1.807, 2.05) is 0 Å². The Morgan fingerprint density at radius 2 is 2.23 bits per heavy atom. The highest BCUT2D eigenvalue weighted by Crippen LogP contribution is 2.06. The van der Waals surface area contributed by atoms with E-state index in [0.717, 1.165) is 17.5 Å². The summed E-state index contributed by atoms with van der Waals surface area (Å²) in [5.41, 5.74) is 1.57. The second-order valence-corrected chi connectivity index (χ2v) is 4.36. The molecule has 0 saturated carbocycles. The summed E-state index contributed by atoms with van der Waals surface area (Å²) >= 11 is 0. The first-order valence-corrected chi connectivity index (χ1v) is 5.55. The van der Waals surface area contributed by atoms with Crippen molar-refractivity contribution in [2.45, 2.75) is 13.5 Å². The van der Waals surface area contributed by atoms with Gasteiger partial charge in [0.15, 0.2) is 0 Å². The normalized spacial score (nSPS) is 11.5. The average molecular weight is 201 g/mol. The maximum absolute atomic E-state index is 10.7. The van der Waals surface area contributed by atoms with Crippen molar-refractivity contribution in [3.63, 3.8) is 0 Å². The average Bonchev–Trinajstić information content (AvgIpc) is 2.01. The Labute approximate surface area is 77.7 Å². The molecule has 13 heavy (non-hydrogen) atoms. The van der Waals surface area contributed by atoms with Gasteiger partial charge in [0, 0.05) is 17.5 Å². The maximum Gasteiger partial charge on any atom is 0.264 e. The van der Waals surface area contributed by atoms with Crippen LogP contribution in [0.25, 0.3) is 0 Å². The molecule has 0 saturated heterocycles. The highest BCUT2D eigenvalue weighted by atomic mass is 32.2. The Balaban J connectivity index is 2.71. The van der Waals surface area contributed by atoms with Crippen LogP contribution in [0.4, 0.5) is 0 Å². The van der Waals surface area contributed by atoms with E-state index < -0.39 is 10.1 Å². The zero-order chi connectivity index (χ0) is 9.90. The van der Waals surface area contributed by atoms with Crippen LogP contribution in [0.5, 0.6) is 0 Å². The Morgan fingerprint density at radius 3 is 2.77 bits per heavy atom. The van der Waals surface area contributed by atoms with Gasteiger partial charge in [0.1, 0.15) is 0 Å². The lowest BCUT2D eigenvalue weighted by molar-refractivity contribution is 0.310. The number of nitrogens with zero attached hydrogens (tertiary/aromatic N) is 1. The number of aryl methyl sites for hydroxylation is 1. The topological polar surface area (TPSA) is 56.3 Å². The molecule has 0 spiro atoms. The maximum atomic E-state index is 10.7. The van der Waals surface area contributed by atoms with E-state index in [4.69, 9.17) is 0 Å². The van der Waals surface area contributed by atoms with E-state index in [1.54, 1.807) is 25.3 Å². The van der Waals surface area contributed by atoms with Gasteiger partial charge in [-0.3, -0.25) is 9.17 Å². The zero-order valence-electron chi connectivity index (χ0n) is 7.52. The number of hydrogen-bond donors (Lipinski definition) is 0. The summed E-state index contributed by atoms with van der Waals surface area (Å²) in [6, 6.07) is 3.53. The molecule has 0 aliphatic rings. The number of pyridine rings is 1. The largest absolute Gasteiger partial charge is 0.265 e. The van der Waals surface area contributed by atoms with Crippen LogP contribution in [-0.4, -0.2) is 19.7 Å². The summed E-state index contributed by atoms with van der Waals surface area (Å²) in [4.78, 5) is 4.00. The molecule has 0 aliphatic heterocycles. The van der Waals surface area contributed by atoms with Crippen molar-refractivity contribution in [2.75, 3.05) is 6.26 Å². The lowest BCUT2D eigenvalue weighted by Crippen LogP contribution is -2.04. The van der Waals surface area contributed by atoms with Crippen LogP contribution in [0.3, 0.4) is 0 Å². The Morgan fingerprint density at radius 1 is 1.54 bits per heavy atom. The molecule has 0 radical (unpaired) electrons. The number of rotatable bonds is 3. The minimum atomic E-state index is -3.37. The van der Waals surface area contributed by atoms with Crippen molar-refractivity contribution in [1.29, 1.82) is 0 Å². The molecule has 1 aromatic heterocycles. The van der Waals surface area contributed by atoms with E-state index in [1.165, 1.54) is 0 Å². The molecule has 5 heteroatoms. The highest BCUT2D eigenvalue weighted by Gasteiger charge is 2.04. The van der Waals surface area contributed by atoms with Crippen molar-refractivity contribution in [2.24, 2.45) is 0 Å². The molecule has 0 unspecified atom stereocenters. The molecule has 0 fully saturated rings. The van der Waals surface area contributed by atoms with Crippen LogP contribution in [0.1, 0.15) is 11.3 Å². The molecule has 0 N–H and O–H groups in total. The van der Waals surface area contributed by atoms with E-state index in [0.29, 0.717) is 0 Å². The predicted molar refractivity (Wildman–Crippen MR) is 48.6 cm³/mol. The summed E-state index contributed by atoms with van der Waals surface area (Å²) in [7, 11) is -3.37. The SMILES string of the molecule is Cc1ncccc1COS(C)(=O)=O. The second kappa shape index (κ2) is 3.85. The fourth-order valence-electron chi connectivity index (χ4n) is 0.841. The minimum Gasteiger partial charge on any atom is -0.265 e. The summed E-state index contributed by atoms with van der Waals surface area (Å²) in [5, 5.41) is 0. The van der Waals surface area contributed by atoms with Crippen LogP contribution < -0.4 is 0 Å². The van der Waals surface area contributed by atoms with Crippen molar-refractivity contribution < 1.29 is 12.6 Å². The van der Waals surface area contributed by atoms with Crippen molar-refractivity contribution >= 4 is 10.1 Å². The molecule has 0 atom stereocenters. The Bertz CT molecular complexity index is 386. The molecule has 0 aromatic carbocycles. The lowest BCUT2D eigenvalue weighted by atomic mass is 10.2. The summed E-state index contributed by atoms with van der Waals surface area (Å²) in [6.45, 7) is 1.86. The highest BCUT2D eigenvalue weighted by molar-refractivity contribution is 7.85. The van der Waals surface area contributed by atoms with Crippen molar-refractivity contribution in [3.05, 3.63) is 29.6 Å². The van der Waals surface area contributed by atoms with E-state index in [-0.39, 0.29) is 6.61 Å². The van der Waals surface area contributed by atoms with Gasteiger partial charge in [-0.25, -0.2) is 0 Å². The molecule has 0 aliphatic carbocycles. The quantitative estimate of drug-likeness (QED) is 0.681. The van der Waals surface area contributed by atoms with Crippen LogP contribution in [0.15, 0.2) is 18.3 Å². The van der Waals surface area contributed by atoms with Gasteiger partial charge in [0.05, 0.1) is 12.9 Å². The molecule has 4 nitrogen and oxygen atoms in total. The van der Waals surface area contributed by atoms with Crippen LogP contribution in [0.2, 0.25) is 0 Å². The first kappa shape index (κ1) is 10.1. The summed E-state index contributed by atoms with van der Waals surface area (Å²) in [5.74, 6) is 0. The fraction of sp³-hybridized carbons (Fsp3) is 0.375. The third-order valence-corrected chi connectivity index (χ3v) is 2.09. The first-order valence-electron chi connectivity index (χ1n) is 3.74. The van der Waals surface area contributed by atoms with Crippen LogP contribution >= 0.6 is 0 Å². The predicted octanol–water partition coefficient (Wildman–Crippen LogP) is 0.866. The molecular formula is C8H11NO3S. The molecule has 72 valence electrons. The van der Waals surface area contributed by atoms with Crippen molar-refractivity contribution in [3.8, 4) is 0 Å². The third kappa shape index (κ3) is 3.52. The van der Waals surface area contributed by atoms with E-state index in [9.17, 15) is 8.42 Å². The molecule has 0 bridgehead atoms. The summed E-state index contributed by atoms with van der Waals surface area (Å²) in [6.07, 6.45) is 2.68. The van der Waals surface area contributed by atoms with E-state index in [2.05, 4.69) is 9.17 Å². The lowest BCUT2D eigenvalue weighted by Gasteiger charge is -2.03. The monoisotopic (exact) mass is 201 g/mol. The first-order chi connectivity index (χ1) is 5.99. The van der Waals surface area contributed by atoms with Gasteiger partial charge in [-0.1, -0.05) is 6.07 Å². The van der Waals surface area contributed by atoms with Gasteiger partial charge < -0.3 is 0 Å².